The summed E-state index contributed by atoms with van der Waals surface area (Å²) >= 11 is 5.87. The van der Waals surface area contributed by atoms with Crippen molar-refractivity contribution in [3.8, 4) is 5.75 Å². The summed E-state index contributed by atoms with van der Waals surface area (Å²) in [5.74, 6) is 0.738. The highest BCUT2D eigenvalue weighted by molar-refractivity contribution is 6.30. The molecule has 1 aliphatic heterocycles. The van der Waals surface area contributed by atoms with Gasteiger partial charge in [-0.25, -0.2) is 4.79 Å². The molecule has 1 atom stereocenters. The predicted molar refractivity (Wildman–Crippen MR) is 111 cm³/mol. The number of carbonyl (C=O) groups excluding carboxylic acids is 2. The van der Waals surface area contributed by atoms with Gasteiger partial charge in [-0.15, -0.1) is 0 Å². The highest BCUT2D eigenvalue weighted by atomic mass is 35.5. The lowest BCUT2D eigenvalue weighted by molar-refractivity contribution is -0.153. The number of hydrogen-bond acceptors (Lipinski definition) is 6. The van der Waals surface area contributed by atoms with Crippen LogP contribution in [0, 0.1) is 5.92 Å². The molecule has 0 saturated carbocycles. The number of likely N-dealkylation sites (tertiary alicyclic amines) is 1. The second kappa shape index (κ2) is 10.7. The summed E-state index contributed by atoms with van der Waals surface area (Å²) in [6, 6.07) is 6.75. The Balaban J connectivity index is 1.77. The molecular formula is C21H31ClN2O5. The Hall–Kier alpha value is -1.99. The van der Waals surface area contributed by atoms with Crippen molar-refractivity contribution in [2.75, 3.05) is 32.8 Å². The molecule has 162 valence electrons. The molecule has 1 amide bonds. The summed E-state index contributed by atoms with van der Waals surface area (Å²) < 4.78 is 16.2. The fourth-order valence-electron chi connectivity index (χ4n) is 3.04. The summed E-state index contributed by atoms with van der Waals surface area (Å²) in [7, 11) is 0. The molecule has 0 aliphatic carbocycles. The van der Waals surface area contributed by atoms with Crippen molar-refractivity contribution >= 4 is 23.7 Å². The van der Waals surface area contributed by atoms with Crippen LogP contribution in [0.3, 0.4) is 0 Å². The van der Waals surface area contributed by atoms with E-state index in [2.05, 4.69) is 10.2 Å². The van der Waals surface area contributed by atoms with Crippen LogP contribution < -0.4 is 10.1 Å². The van der Waals surface area contributed by atoms with E-state index in [9.17, 15) is 9.59 Å². The number of benzene rings is 1. The van der Waals surface area contributed by atoms with Gasteiger partial charge in [0.15, 0.2) is 0 Å². The van der Waals surface area contributed by atoms with Crippen molar-refractivity contribution in [1.29, 1.82) is 0 Å². The fourth-order valence-corrected chi connectivity index (χ4v) is 3.17. The fraction of sp³-hybridized carbons (Fsp3) is 0.619. The highest BCUT2D eigenvalue weighted by Gasteiger charge is 2.37. The van der Waals surface area contributed by atoms with E-state index in [0.717, 1.165) is 0 Å². The standard InChI is InChI=1S/C21H31ClN2O5/c1-5-27-19(25)18(10-11-28-17-8-6-16(22)7-9-17)24-13-15(14-24)12-23-20(26)29-21(2,3)4/h6-9,15,18H,5,10-14H2,1-4H3,(H,23,26). The molecule has 1 saturated heterocycles. The van der Waals surface area contributed by atoms with Crippen LogP contribution in [-0.4, -0.2) is 61.5 Å². The molecule has 29 heavy (non-hydrogen) atoms. The summed E-state index contributed by atoms with van der Waals surface area (Å²) in [5.41, 5.74) is -0.519. The highest BCUT2D eigenvalue weighted by Crippen LogP contribution is 2.22. The average molecular weight is 427 g/mol. The van der Waals surface area contributed by atoms with Crippen molar-refractivity contribution in [3.63, 3.8) is 0 Å². The average Bonchev–Trinajstić information content (AvgIpc) is 2.59. The number of hydrogen-bond donors (Lipinski definition) is 1. The Bertz CT molecular complexity index is 669. The lowest BCUT2D eigenvalue weighted by Gasteiger charge is -2.43. The van der Waals surface area contributed by atoms with Crippen LogP contribution in [0.15, 0.2) is 24.3 Å². The molecule has 1 N–H and O–H groups in total. The smallest absolute Gasteiger partial charge is 0.407 e. The molecule has 1 aliphatic rings. The number of ether oxygens (including phenoxy) is 3. The largest absolute Gasteiger partial charge is 0.494 e. The van der Waals surface area contributed by atoms with Crippen molar-refractivity contribution in [3.05, 3.63) is 29.3 Å². The maximum Gasteiger partial charge on any atom is 0.407 e. The van der Waals surface area contributed by atoms with Gasteiger partial charge in [0.05, 0.1) is 13.2 Å². The third kappa shape index (κ3) is 8.11. The van der Waals surface area contributed by atoms with Gasteiger partial charge in [0.1, 0.15) is 17.4 Å². The molecule has 1 aromatic carbocycles. The molecule has 2 rings (SSSR count). The molecule has 0 aromatic heterocycles. The summed E-state index contributed by atoms with van der Waals surface area (Å²) in [6.45, 7) is 9.94. The minimum atomic E-state index is -0.519. The van der Waals surface area contributed by atoms with Crippen molar-refractivity contribution in [2.24, 2.45) is 5.92 Å². The molecule has 1 unspecified atom stereocenters. The molecular weight excluding hydrogens is 396 g/mol. The van der Waals surface area contributed by atoms with Gasteiger partial charge in [-0.3, -0.25) is 9.69 Å². The molecule has 0 radical (unpaired) electrons. The van der Waals surface area contributed by atoms with Crippen LogP contribution in [-0.2, 0) is 14.3 Å². The summed E-state index contributed by atoms with van der Waals surface area (Å²) in [5, 5.41) is 3.43. The predicted octanol–water partition coefficient (Wildman–Crippen LogP) is 3.50. The number of alkyl carbamates (subject to hydrolysis) is 1. The first kappa shape index (κ1) is 23.3. The number of esters is 1. The first-order chi connectivity index (χ1) is 13.7. The molecule has 0 bridgehead atoms. The zero-order valence-corrected chi connectivity index (χ0v) is 18.3. The van der Waals surface area contributed by atoms with Crippen molar-refractivity contribution in [1.82, 2.24) is 10.2 Å². The zero-order valence-electron chi connectivity index (χ0n) is 17.6. The van der Waals surface area contributed by atoms with E-state index in [1.54, 1.807) is 31.2 Å². The molecule has 0 spiro atoms. The quantitative estimate of drug-likeness (QED) is 0.609. The molecule has 1 fully saturated rings. The normalized spacial score (nSPS) is 15.9. The van der Waals surface area contributed by atoms with Gasteiger partial charge in [-0.2, -0.15) is 0 Å². The van der Waals surface area contributed by atoms with Crippen LogP contribution in [0.1, 0.15) is 34.1 Å². The molecule has 7 nitrogen and oxygen atoms in total. The Kier molecular flexibility index (Phi) is 8.59. The third-order valence-corrected chi connectivity index (χ3v) is 4.64. The summed E-state index contributed by atoms with van der Waals surface area (Å²) in [4.78, 5) is 26.2. The number of nitrogens with zero attached hydrogens (tertiary/aromatic N) is 1. The minimum absolute atomic E-state index is 0.245. The van der Waals surface area contributed by atoms with Crippen LogP contribution >= 0.6 is 11.6 Å². The Labute approximate surface area is 177 Å². The van der Waals surface area contributed by atoms with Crippen LogP contribution in [0.5, 0.6) is 5.75 Å². The topological polar surface area (TPSA) is 77.1 Å². The van der Waals surface area contributed by atoms with Gasteiger partial charge in [-0.05, 0) is 52.0 Å². The monoisotopic (exact) mass is 426 g/mol. The maximum absolute atomic E-state index is 12.4. The maximum atomic E-state index is 12.4. The Morgan fingerprint density at radius 3 is 2.48 bits per heavy atom. The minimum Gasteiger partial charge on any atom is -0.494 e. The molecule has 1 aromatic rings. The van der Waals surface area contributed by atoms with E-state index >= 15 is 0 Å². The van der Waals surface area contributed by atoms with E-state index in [1.165, 1.54) is 0 Å². The van der Waals surface area contributed by atoms with Crippen molar-refractivity contribution < 1.29 is 23.8 Å². The number of amides is 1. The van der Waals surface area contributed by atoms with Gasteiger partial charge < -0.3 is 19.5 Å². The second-order valence-corrected chi connectivity index (χ2v) is 8.50. The van der Waals surface area contributed by atoms with Gasteiger partial charge in [0.25, 0.3) is 0 Å². The lowest BCUT2D eigenvalue weighted by atomic mass is 9.96. The second-order valence-electron chi connectivity index (χ2n) is 8.06. The lowest BCUT2D eigenvalue weighted by Crippen LogP contribution is -2.58. The van der Waals surface area contributed by atoms with Crippen LogP contribution in [0.2, 0.25) is 5.02 Å². The van der Waals surface area contributed by atoms with Crippen LogP contribution in [0.4, 0.5) is 4.79 Å². The van der Waals surface area contributed by atoms with E-state index < -0.39 is 11.7 Å². The molecule has 1 heterocycles. The van der Waals surface area contributed by atoms with Crippen molar-refractivity contribution in [2.45, 2.75) is 45.8 Å². The van der Waals surface area contributed by atoms with Gasteiger partial charge in [0.2, 0.25) is 0 Å². The van der Waals surface area contributed by atoms with E-state index in [1.807, 2.05) is 20.8 Å². The number of nitrogens with one attached hydrogen (secondary N) is 1. The zero-order chi connectivity index (χ0) is 21.4. The van der Waals surface area contributed by atoms with Gasteiger partial charge in [-0.1, -0.05) is 11.6 Å². The van der Waals surface area contributed by atoms with Gasteiger partial charge in [0, 0.05) is 37.0 Å². The Morgan fingerprint density at radius 1 is 1.24 bits per heavy atom. The first-order valence-corrected chi connectivity index (χ1v) is 10.3. The Morgan fingerprint density at radius 2 is 1.90 bits per heavy atom. The van der Waals surface area contributed by atoms with Gasteiger partial charge >= 0.3 is 12.1 Å². The third-order valence-electron chi connectivity index (χ3n) is 4.39. The van der Waals surface area contributed by atoms with Crippen LogP contribution in [0.25, 0.3) is 0 Å². The van der Waals surface area contributed by atoms with E-state index in [0.29, 0.717) is 50.0 Å². The molecule has 8 heteroatoms. The van der Waals surface area contributed by atoms with E-state index in [4.69, 9.17) is 25.8 Å². The SMILES string of the molecule is CCOC(=O)C(CCOc1ccc(Cl)cc1)N1CC(CNC(=O)OC(C)(C)C)C1. The van der Waals surface area contributed by atoms with E-state index in [-0.39, 0.29) is 17.9 Å². The summed E-state index contributed by atoms with van der Waals surface area (Å²) in [6.07, 6.45) is 0.0995. The number of carbonyl (C=O) groups is 2. The number of halogens is 1. The number of rotatable bonds is 9. The first-order valence-electron chi connectivity index (χ1n) is 9.94.